The lowest BCUT2D eigenvalue weighted by molar-refractivity contribution is 0.233. The second-order valence-corrected chi connectivity index (χ2v) is 7.93. The molecule has 1 aliphatic carbocycles. The molecule has 1 nitrogen and oxygen atoms in total. The van der Waals surface area contributed by atoms with Crippen molar-refractivity contribution in [2.24, 2.45) is 11.8 Å². The molecule has 118 valence electrons. The molecule has 1 fully saturated rings. The van der Waals surface area contributed by atoms with E-state index in [0.717, 1.165) is 18.4 Å². The lowest BCUT2D eigenvalue weighted by Crippen LogP contribution is -2.30. The van der Waals surface area contributed by atoms with Crippen molar-refractivity contribution in [3.8, 4) is 0 Å². The lowest BCUT2D eigenvalue weighted by atomic mass is 9.77. The summed E-state index contributed by atoms with van der Waals surface area (Å²) in [5.41, 5.74) is 3.15. The molecule has 0 saturated heterocycles. The third kappa shape index (κ3) is 4.32. The van der Waals surface area contributed by atoms with E-state index in [2.05, 4.69) is 64.2 Å². The zero-order chi connectivity index (χ0) is 15.5. The van der Waals surface area contributed by atoms with Gasteiger partial charge >= 0.3 is 0 Å². The molecule has 1 heteroatoms. The molecular formula is C20H33N. The molecule has 21 heavy (non-hydrogen) atoms. The fraction of sp³-hybridized carbons (Fsp3) is 0.700. The molecule has 0 radical (unpaired) electrons. The van der Waals surface area contributed by atoms with Crippen LogP contribution in [0.25, 0.3) is 0 Å². The van der Waals surface area contributed by atoms with Crippen molar-refractivity contribution in [3.05, 3.63) is 35.4 Å². The van der Waals surface area contributed by atoms with Crippen molar-refractivity contribution >= 4 is 0 Å². The molecule has 0 amide bonds. The van der Waals surface area contributed by atoms with Gasteiger partial charge in [-0.25, -0.2) is 0 Å². The lowest BCUT2D eigenvalue weighted by Gasteiger charge is -2.34. The predicted molar refractivity (Wildman–Crippen MR) is 92.7 cm³/mol. The first-order chi connectivity index (χ1) is 9.91. The van der Waals surface area contributed by atoms with Gasteiger partial charge in [-0.3, -0.25) is 0 Å². The number of rotatable bonds is 4. The van der Waals surface area contributed by atoms with Crippen molar-refractivity contribution < 1.29 is 0 Å². The van der Waals surface area contributed by atoms with Crippen LogP contribution in [0.5, 0.6) is 0 Å². The predicted octanol–water partition coefficient (Wildman–Crippen LogP) is 5.46. The summed E-state index contributed by atoms with van der Waals surface area (Å²) in [5, 5.41) is 3.74. The van der Waals surface area contributed by atoms with Crippen LogP contribution in [-0.2, 0) is 5.41 Å². The Balaban J connectivity index is 2.14. The number of nitrogens with one attached hydrogen (secondary N) is 1. The van der Waals surface area contributed by atoms with E-state index < -0.39 is 0 Å². The van der Waals surface area contributed by atoms with Gasteiger partial charge < -0.3 is 5.32 Å². The van der Waals surface area contributed by atoms with Crippen LogP contribution in [0.1, 0.15) is 77.5 Å². The maximum atomic E-state index is 3.74. The number of hydrogen-bond donors (Lipinski definition) is 1. The van der Waals surface area contributed by atoms with Gasteiger partial charge in [-0.15, -0.1) is 0 Å². The van der Waals surface area contributed by atoms with E-state index in [-0.39, 0.29) is 5.41 Å². The maximum Gasteiger partial charge on any atom is 0.0348 e. The van der Waals surface area contributed by atoms with Gasteiger partial charge in [-0.2, -0.15) is 0 Å². The molecule has 1 aliphatic rings. The molecule has 1 saturated carbocycles. The summed E-state index contributed by atoms with van der Waals surface area (Å²) >= 11 is 0. The highest BCUT2D eigenvalue weighted by Gasteiger charge is 2.27. The minimum atomic E-state index is 0.243. The fourth-order valence-corrected chi connectivity index (χ4v) is 3.59. The Labute approximate surface area is 131 Å². The molecule has 0 spiro atoms. The van der Waals surface area contributed by atoms with Gasteiger partial charge in [-0.05, 0) is 47.8 Å². The maximum absolute atomic E-state index is 3.74. The summed E-state index contributed by atoms with van der Waals surface area (Å²) in [6.45, 7) is 12.5. The zero-order valence-corrected chi connectivity index (χ0v) is 14.6. The van der Waals surface area contributed by atoms with E-state index in [1.165, 1.54) is 36.8 Å². The highest BCUT2D eigenvalue weighted by molar-refractivity contribution is 5.29. The fourth-order valence-electron chi connectivity index (χ4n) is 3.59. The van der Waals surface area contributed by atoms with Gasteiger partial charge in [-0.1, -0.05) is 71.7 Å². The van der Waals surface area contributed by atoms with Gasteiger partial charge in [0.05, 0.1) is 0 Å². The van der Waals surface area contributed by atoms with Crippen molar-refractivity contribution in [3.63, 3.8) is 0 Å². The summed E-state index contributed by atoms with van der Waals surface area (Å²) in [6.07, 6.45) is 5.54. The van der Waals surface area contributed by atoms with Crippen molar-refractivity contribution in [2.75, 3.05) is 6.54 Å². The second-order valence-electron chi connectivity index (χ2n) is 7.93. The Morgan fingerprint density at radius 1 is 1.05 bits per heavy atom. The summed E-state index contributed by atoms with van der Waals surface area (Å²) in [7, 11) is 0. The standard InChI is InChI=1S/C20H33N/c1-6-21-19(16-9-7-15(2)8-10-16)17-11-13-18(14-12-17)20(3,4)5/h11-16,19,21H,6-10H2,1-5H3. The molecule has 1 unspecified atom stereocenters. The number of hydrogen-bond acceptors (Lipinski definition) is 1. The summed E-state index contributed by atoms with van der Waals surface area (Å²) < 4.78 is 0. The molecule has 1 N–H and O–H groups in total. The van der Waals surface area contributed by atoms with E-state index in [4.69, 9.17) is 0 Å². The molecule has 0 bridgehead atoms. The Morgan fingerprint density at radius 2 is 1.62 bits per heavy atom. The van der Waals surface area contributed by atoms with Gasteiger partial charge in [0.2, 0.25) is 0 Å². The average Bonchev–Trinajstić information content (AvgIpc) is 2.45. The van der Waals surface area contributed by atoms with Gasteiger partial charge in [0.25, 0.3) is 0 Å². The molecule has 1 atom stereocenters. The van der Waals surface area contributed by atoms with E-state index in [9.17, 15) is 0 Å². The van der Waals surface area contributed by atoms with Crippen molar-refractivity contribution in [2.45, 2.75) is 71.8 Å². The van der Waals surface area contributed by atoms with E-state index in [1.807, 2.05) is 0 Å². The minimum absolute atomic E-state index is 0.243. The van der Waals surface area contributed by atoms with Crippen LogP contribution >= 0.6 is 0 Å². The first-order valence-corrected chi connectivity index (χ1v) is 8.75. The largest absolute Gasteiger partial charge is 0.310 e. The number of benzene rings is 1. The summed E-state index contributed by atoms with van der Waals surface area (Å²) in [6, 6.07) is 9.89. The molecular weight excluding hydrogens is 254 g/mol. The van der Waals surface area contributed by atoms with Gasteiger partial charge in [0.1, 0.15) is 0 Å². The molecule has 0 aliphatic heterocycles. The topological polar surface area (TPSA) is 12.0 Å². The quantitative estimate of drug-likeness (QED) is 0.775. The van der Waals surface area contributed by atoms with Crippen molar-refractivity contribution in [1.29, 1.82) is 0 Å². The van der Waals surface area contributed by atoms with E-state index in [0.29, 0.717) is 6.04 Å². The first kappa shape index (κ1) is 16.5. The van der Waals surface area contributed by atoms with Crippen LogP contribution < -0.4 is 5.32 Å². The zero-order valence-electron chi connectivity index (χ0n) is 14.6. The molecule has 0 aromatic heterocycles. The monoisotopic (exact) mass is 287 g/mol. The van der Waals surface area contributed by atoms with Crippen LogP contribution in [0.4, 0.5) is 0 Å². The van der Waals surface area contributed by atoms with Crippen LogP contribution in [0.15, 0.2) is 24.3 Å². The van der Waals surface area contributed by atoms with Crippen LogP contribution in [0.2, 0.25) is 0 Å². The minimum Gasteiger partial charge on any atom is -0.310 e. The van der Waals surface area contributed by atoms with Crippen LogP contribution in [0, 0.1) is 11.8 Å². The Bertz CT molecular complexity index is 418. The van der Waals surface area contributed by atoms with Crippen molar-refractivity contribution in [1.82, 2.24) is 5.32 Å². The Morgan fingerprint density at radius 3 is 2.10 bits per heavy atom. The van der Waals surface area contributed by atoms with E-state index in [1.54, 1.807) is 0 Å². The van der Waals surface area contributed by atoms with Gasteiger partial charge in [0, 0.05) is 6.04 Å². The van der Waals surface area contributed by atoms with Crippen LogP contribution in [-0.4, -0.2) is 6.54 Å². The highest BCUT2D eigenvalue weighted by Crippen LogP contribution is 2.37. The first-order valence-electron chi connectivity index (χ1n) is 8.75. The van der Waals surface area contributed by atoms with Gasteiger partial charge in [0.15, 0.2) is 0 Å². The Hall–Kier alpha value is -0.820. The summed E-state index contributed by atoms with van der Waals surface area (Å²) in [4.78, 5) is 0. The molecule has 1 aromatic rings. The normalized spacial score (nSPS) is 24.8. The van der Waals surface area contributed by atoms with Crippen LogP contribution in [0.3, 0.4) is 0 Å². The third-order valence-corrected chi connectivity index (χ3v) is 5.09. The molecule has 2 rings (SSSR count). The smallest absolute Gasteiger partial charge is 0.0348 e. The third-order valence-electron chi connectivity index (χ3n) is 5.09. The summed E-state index contributed by atoms with van der Waals surface area (Å²) in [5.74, 6) is 1.73. The average molecular weight is 287 g/mol. The molecule has 1 aromatic carbocycles. The Kier molecular flexibility index (Phi) is 5.48. The highest BCUT2D eigenvalue weighted by atomic mass is 14.9. The molecule has 0 heterocycles. The second kappa shape index (κ2) is 6.96. The van der Waals surface area contributed by atoms with E-state index >= 15 is 0 Å². The SMILES string of the molecule is CCNC(c1ccc(C(C)(C)C)cc1)C1CCC(C)CC1.